The fraction of sp³-hybridized carbons (Fsp3) is 0.250. The van der Waals surface area contributed by atoms with Crippen molar-refractivity contribution in [3.63, 3.8) is 0 Å². The summed E-state index contributed by atoms with van der Waals surface area (Å²) < 4.78 is 23.9. The molecule has 0 saturated heterocycles. The first-order valence-corrected chi connectivity index (χ1v) is 7.87. The van der Waals surface area contributed by atoms with E-state index in [1.165, 1.54) is 31.2 Å². The Labute approximate surface area is 119 Å². The van der Waals surface area contributed by atoms with Crippen molar-refractivity contribution >= 4 is 26.8 Å². The molecule has 0 unspecified atom stereocenters. The molecule has 1 heterocycles. The molecule has 0 atom stereocenters. The number of benzene rings is 1. The van der Waals surface area contributed by atoms with E-state index in [0.717, 1.165) is 0 Å². The molecule has 1 aromatic carbocycles. The molecule has 0 aliphatic carbocycles. The van der Waals surface area contributed by atoms with Crippen LogP contribution in [0.15, 0.2) is 24.3 Å². The Balaban J connectivity index is 2.92. The topological polar surface area (TPSA) is 128 Å². The fourth-order valence-electron chi connectivity index (χ4n) is 1.97. The maximum atomic E-state index is 12.3. The Kier molecular flexibility index (Phi) is 3.69. The number of rotatable bonds is 4. The summed E-state index contributed by atoms with van der Waals surface area (Å²) in [6, 6.07) is 5.76. The summed E-state index contributed by atoms with van der Waals surface area (Å²) in [5.41, 5.74) is 3.93. The molecule has 0 spiro atoms. The van der Waals surface area contributed by atoms with E-state index in [1.807, 2.05) is 0 Å². The van der Waals surface area contributed by atoms with Crippen molar-refractivity contribution < 1.29 is 17.6 Å². The van der Waals surface area contributed by atoms with Crippen molar-refractivity contribution in [1.82, 2.24) is 4.73 Å². The standard InChI is InChI=1S/C12H13N3O5S/c1-2-21(19,20)7-10-11(12(13)16)15(18)9-6-4-3-5-8(9)14(10)17/h3-6H,2,7H2,1H3,(H2,13,16). The number of nitrogens with zero attached hydrogens (tertiary/aromatic N) is 2. The Morgan fingerprint density at radius 2 is 2.00 bits per heavy atom. The van der Waals surface area contributed by atoms with Crippen molar-refractivity contribution in [3.05, 3.63) is 45.8 Å². The maximum Gasteiger partial charge on any atom is 0.347 e. The van der Waals surface area contributed by atoms with Gasteiger partial charge in [-0.15, -0.1) is 0 Å². The molecule has 0 bridgehead atoms. The Hall–Kier alpha value is -2.42. The minimum atomic E-state index is -3.62. The number of para-hydroxylation sites is 2. The van der Waals surface area contributed by atoms with Gasteiger partial charge in [0.15, 0.2) is 9.84 Å². The smallest absolute Gasteiger partial charge is 0.347 e. The lowest BCUT2D eigenvalue weighted by atomic mass is 10.2. The number of sulfone groups is 1. The van der Waals surface area contributed by atoms with Crippen molar-refractivity contribution in [2.75, 3.05) is 5.75 Å². The van der Waals surface area contributed by atoms with E-state index in [9.17, 15) is 23.3 Å². The number of carbonyl (C=O) groups excluding carboxylic acids is 1. The minimum Gasteiger partial charge on any atom is -0.805 e. The van der Waals surface area contributed by atoms with Gasteiger partial charge in [-0.2, -0.15) is 0 Å². The molecule has 1 amide bonds. The van der Waals surface area contributed by atoms with E-state index in [-0.39, 0.29) is 25.9 Å². The first-order chi connectivity index (χ1) is 9.78. The normalized spacial score (nSPS) is 11.7. The molecule has 112 valence electrons. The van der Waals surface area contributed by atoms with E-state index < -0.39 is 32.9 Å². The second-order valence-electron chi connectivity index (χ2n) is 4.41. The van der Waals surface area contributed by atoms with Crippen molar-refractivity contribution in [2.24, 2.45) is 5.73 Å². The third kappa shape index (κ3) is 2.59. The molecule has 0 aliphatic rings. The monoisotopic (exact) mass is 311 g/mol. The molecular formula is C12H13N3O5S. The number of fused-ring (bicyclic) bond motifs is 1. The van der Waals surface area contributed by atoms with Gasteiger partial charge in [-0.25, -0.2) is 8.42 Å². The highest BCUT2D eigenvalue weighted by molar-refractivity contribution is 7.90. The van der Waals surface area contributed by atoms with E-state index >= 15 is 0 Å². The number of carbonyl (C=O) groups is 1. The molecule has 2 rings (SSSR count). The first kappa shape index (κ1) is 15.0. The predicted molar refractivity (Wildman–Crippen MR) is 75.8 cm³/mol. The molecule has 2 aromatic rings. The summed E-state index contributed by atoms with van der Waals surface area (Å²) in [6.45, 7) is 1.40. The zero-order valence-electron chi connectivity index (χ0n) is 11.1. The molecule has 0 radical (unpaired) electrons. The highest BCUT2D eigenvalue weighted by Crippen LogP contribution is 2.16. The number of hydrogen-bond donors (Lipinski definition) is 1. The van der Waals surface area contributed by atoms with Crippen LogP contribution in [-0.4, -0.2) is 24.8 Å². The quantitative estimate of drug-likeness (QED) is 0.791. The van der Waals surface area contributed by atoms with Crippen LogP contribution in [-0.2, 0) is 15.6 Å². The van der Waals surface area contributed by atoms with Crippen LogP contribution in [0.4, 0.5) is 0 Å². The summed E-state index contributed by atoms with van der Waals surface area (Å²) in [4.78, 5) is 23.7. The summed E-state index contributed by atoms with van der Waals surface area (Å²) in [6.07, 6.45) is 0. The van der Waals surface area contributed by atoms with Crippen LogP contribution in [0.1, 0.15) is 23.1 Å². The average molecular weight is 311 g/mol. The predicted octanol–water partition coefficient (Wildman–Crippen LogP) is -0.0647. The summed E-state index contributed by atoms with van der Waals surface area (Å²) in [5.74, 6) is -2.10. The highest BCUT2D eigenvalue weighted by atomic mass is 32.2. The fourth-order valence-corrected chi connectivity index (χ4v) is 2.84. The number of hydrogen-bond acceptors (Lipinski definition) is 5. The van der Waals surface area contributed by atoms with Crippen LogP contribution >= 0.6 is 0 Å². The average Bonchev–Trinajstić information content (AvgIpc) is 2.44. The molecular weight excluding hydrogens is 298 g/mol. The molecule has 0 fully saturated rings. The van der Waals surface area contributed by atoms with Crippen LogP contribution < -0.4 is 10.2 Å². The minimum absolute atomic E-state index is 0.0289. The van der Waals surface area contributed by atoms with Crippen LogP contribution in [0.25, 0.3) is 11.0 Å². The van der Waals surface area contributed by atoms with E-state index in [0.29, 0.717) is 0 Å². The van der Waals surface area contributed by atoms with Crippen LogP contribution in [0.2, 0.25) is 0 Å². The second kappa shape index (κ2) is 5.17. The SMILES string of the molecule is CCS(=O)(=O)Cc1c(C(N)=O)[n+](=O)c2ccccc2n1[O-]. The molecule has 8 nitrogen and oxygen atoms in total. The lowest BCUT2D eigenvalue weighted by molar-refractivity contribution is -0.468. The zero-order chi connectivity index (χ0) is 15.8. The van der Waals surface area contributed by atoms with Crippen molar-refractivity contribution in [3.8, 4) is 0 Å². The number of nitrogens with two attached hydrogens (primary N) is 1. The Morgan fingerprint density at radius 1 is 1.38 bits per heavy atom. The van der Waals surface area contributed by atoms with E-state index in [2.05, 4.69) is 0 Å². The first-order valence-electron chi connectivity index (χ1n) is 6.05. The van der Waals surface area contributed by atoms with Gasteiger partial charge in [0.2, 0.25) is 0 Å². The number of amides is 1. The summed E-state index contributed by atoms with van der Waals surface area (Å²) in [7, 11) is -3.62. The highest BCUT2D eigenvalue weighted by Gasteiger charge is 2.29. The third-order valence-corrected chi connectivity index (χ3v) is 4.66. The maximum absolute atomic E-state index is 12.3. The Morgan fingerprint density at radius 3 is 2.57 bits per heavy atom. The van der Waals surface area contributed by atoms with Gasteiger partial charge in [-0.3, -0.25) is 4.79 Å². The van der Waals surface area contributed by atoms with Gasteiger partial charge in [0.1, 0.15) is 11.2 Å². The third-order valence-electron chi connectivity index (χ3n) is 3.07. The molecule has 21 heavy (non-hydrogen) atoms. The Bertz CT molecular complexity index is 886. The van der Waals surface area contributed by atoms with Crippen LogP contribution in [0.5, 0.6) is 0 Å². The zero-order valence-corrected chi connectivity index (χ0v) is 12.0. The van der Waals surface area contributed by atoms with Gasteiger partial charge in [-0.05, 0) is 6.07 Å². The largest absolute Gasteiger partial charge is 0.805 e. The lowest BCUT2D eigenvalue weighted by Crippen LogP contribution is -2.35. The molecule has 1 aromatic heterocycles. The van der Waals surface area contributed by atoms with Crippen LogP contribution in [0, 0.1) is 10.1 Å². The molecule has 0 aliphatic heterocycles. The van der Waals surface area contributed by atoms with Gasteiger partial charge in [0, 0.05) is 16.7 Å². The summed E-state index contributed by atoms with van der Waals surface area (Å²) in [5, 5.41) is 12.3. The van der Waals surface area contributed by atoms with Gasteiger partial charge in [0.25, 0.3) is 5.52 Å². The van der Waals surface area contributed by atoms with Gasteiger partial charge in [-0.1, -0.05) is 19.1 Å². The summed E-state index contributed by atoms with van der Waals surface area (Å²) >= 11 is 0. The van der Waals surface area contributed by atoms with E-state index in [4.69, 9.17) is 5.73 Å². The van der Waals surface area contributed by atoms with Crippen LogP contribution in [0.3, 0.4) is 0 Å². The molecule has 9 heteroatoms. The lowest BCUT2D eigenvalue weighted by Gasteiger charge is -2.18. The number of primary amides is 1. The number of aromatic nitrogens is 2. The van der Waals surface area contributed by atoms with E-state index in [1.54, 1.807) is 0 Å². The van der Waals surface area contributed by atoms with Crippen molar-refractivity contribution in [2.45, 2.75) is 12.7 Å². The molecule has 0 saturated carbocycles. The molecule has 2 N–H and O–H groups in total. The van der Waals surface area contributed by atoms with Gasteiger partial charge in [0.05, 0.1) is 10.2 Å². The van der Waals surface area contributed by atoms with Gasteiger partial charge < -0.3 is 15.7 Å². The van der Waals surface area contributed by atoms with Gasteiger partial charge >= 0.3 is 11.6 Å². The second-order valence-corrected chi connectivity index (χ2v) is 6.77. The van der Waals surface area contributed by atoms with Crippen molar-refractivity contribution in [1.29, 1.82) is 0 Å².